The third-order valence-corrected chi connectivity index (χ3v) is 8.92. The van der Waals surface area contributed by atoms with Crippen LogP contribution in [0, 0.1) is 22.8 Å². The van der Waals surface area contributed by atoms with E-state index < -0.39 is 8.32 Å². The largest absolute Gasteiger partial charge is 0.530 e. The molecule has 22 heavy (non-hydrogen) atoms. The Morgan fingerprint density at radius 2 is 1.77 bits per heavy atom. The standard InChI is InChI=1S/C18H24BrNOSi/c1-15(2)22(16(3)4,14-10-6-5-9-13-20)21-18-12-8-7-11-17(18)19/h7-8,11-12,15-16H,5-6,9H2,1-4H3. The van der Waals surface area contributed by atoms with Gasteiger partial charge in [-0.2, -0.15) is 5.26 Å². The van der Waals surface area contributed by atoms with Gasteiger partial charge in [0.25, 0.3) is 0 Å². The summed E-state index contributed by atoms with van der Waals surface area (Å²) in [6.45, 7) is 8.81. The molecular formula is C18H24BrNOSi. The highest BCUT2D eigenvalue weighted by Crippen LogP contribution is 2.36. The smallest absolute Gasteiger partial charge is 0.335 e. The summed E-state index contributed by atoms with van der Waals surface area (Å²) >= 11 is 3.56. The van der Waals surface area contributed by atoms with Gasteiger partial charge in [-0.3, -0.25) is 0 Å². The third kappa shape index (κ3) is 4.90. The van der Waals surface area contributed by atoms with Crippen molar-refractivity contribution in [3.8, 4) is 23.3 Å². The lowest BCUT2D eigenvalue weighted by Gasteiger charge is -2.34. The van der Waals surface area contributed by atoms with Crippen molar-refractivity contribution in [1.29, 1.82) is 5.26 Å². The van der Waals surface area contributed by atoms with E-state index in [-0.39, 0.29) is 0 Å². The minimum atomic E-state index is -2.26. The van der Waals surface area contributed by atoms with E-state index in [1.165, 1.54) is 0 Å². The highest BCUT2D eigenvalue weighted by molar-refractivity contribution is 9.10. The quantitative estimate of drug-likeness (QED) is 0.354. The first kappa shape index (κ1) is 18.8. The highest BCUT2D eigenvalue weighted by Gasteiger charge is 2.43. The maximum Gasteiger partial charge on any atom is 0.335 e. The normalized spacial score (nSPS) is 11.0. The van der Waals surface area contributed by atoms with Crippen LogP contribution in [0.25, 0.3) is 0 Å². The fourth-order valence-electron chi connectivity index (χ4n) is 2.38. The fraction of sp³-hybridized carbons (Fsp3) is 0.500. The minimum Gasteiger partial charge on any atom is -0.530 e. The molecule has 118 valence electrons. The second-order valence-electron chi connectivity index (χ2n) is 5.95. The summed E-state index contributed by atoms with van der Waals surface area (Å²) in [7, 11) is -2.26. The van der Waals surface area contributed by atoms with E-state index in [1.807, 2.05) is 24.3 Å². The Morgan fingerprint density at radius 1 is 1.14 bits per heavy atom. The van der Waals surface area contributed by atoms with Crippen molar-refractivity contribution >= 4 is 24.2 Å². The van der Waals surface area contributed by atoms with E-state index in [9.17, 15) is 0 Å². The third-order valence-electron chi connectivity index (χ3n) is 3.71. The van der Waals surface area contributed by atoms with Gasteiger partial charge >= 0.3 is 8.32 Å². The summed E-state index contributed by atoms with van der Waals surface area (Å²) in [4.78, 5) is 0. The lowest BCUT2D eigenvalue weighted by atomic mass is 10.3. The van der Waals surface area contributed by atoms with Crippen LogP contribution in [-0.4, -0.2) is 8.32 Å². The average molecular weight is 378 g/mol. The van der Waals surface area contributed by atoms with Gasteiger partial charge in [-0.15, -0.1) is 5.92 Å². The van der Waals surface area contributed by atoms with E-state index in [4.69, 9.17) is 9.69 Å². The molecule has 0 heterocycles. The van der Waals surface area contributed by atoms with E-state index in [0.29, 0.717) is 17.5 Å². The summed E-state index contributed by atoms with van der Waals surface area (Å²) in [6, 6.07) is 10.1. The molecule has 0 fully saturated rings. The van der Waals surface area contributed by atoms with E-state index >= 15 is 0 Å². The summed E-state index contributed by atoms with van der Waals surface area (Å²) in [5.74, 6) is 4.16. The summed E-state index contributed by atoms with van der Waals surface area (Å²) < 4.78 is 7.49. The molecule has 0 spiro atoms. The maximum atomic E-state index is 8.61. The molecule has 2 nitrogen and oxygen atoms in total. The lowest BCUT2D eigenvalue weighted by Crippen LogP contribution is -2.47. The number of rotatable bonds is 6. The van der Waals surface area contributed by atoms with E-state index in [2.05, 4.69) is 61.2 Å². The van der Waals surface area contributed by atoms with Gasteiger partial charge in [0.15, 0.2) is 0 Å². The highest BCUT2D eigenvalue weighted by atomic mass is 79.9. The number of benzene rings is 1. The van der Waals surface area contributed by atoms with Gasteiger partial charge < -0.3 is 4.43 Å². The zero-order valence-electron chi connectivity index (χ0n) is 13.8. The zero-order chi connectivity index (χ0) is 16.6. The van der Waals surface area contributed by atoms with Crippen molar-refractivity contribution in [3.63, 3.8) is 0 Å². The first-order chi connectivity index (χ1) is 10.4. The predicted octanol–water partition coefficient (Wildman–Crippen LogP) is 5.83. The van der Waals surface area contributed by atoms with Gasteiger partial charge in [-0.1, -0.05) is 45.4 Å². The molecule has 0 amide bonds. The molecule has 0 saturated carbocycles. The summed E-state index contributed by atoms with van der Waals surface area (Å²) in [6.07, 6.45) is 2.16. The molecule has 1 aromatic rings. The fourth-order valence-corrected chi connectivity index (χ4v) is 6.27. The van der Waals surface area contributed by atoms with Gasteiger partial charge in [0, 0.05) is 12.8 Å². The lowest BCUT2D eigenvalue weighted by molar-refractivity contribution is 0.514. The van der Waals surface area contributed by atoms with Crippen LogP contribution >= 0.6 is 15.9 Å². The van der Waals surface area contributed by atoms with E-state index in [1.54, 1.807) is 0 Å². The number of hydrogen-bond donors (Lipinski definition) is 0. The van der Waals surface area contributed by atoms with Crippen LogP contribution in [0.5, 0.6) is 5.75 Å². The maximum absolute atomic E-state index is 8.61. The monoisotopic (exact) mass is 377 g/mol. The van der Waals surface area contributed by atoms with Crippen LogP contribution in [0.2, 0.25) is 11.1 Å². The van der Waals surface area contributed by atoms with Crippen LogP contribution < -0.4 is 4.43 Å². The van der Waals surface area contributed by atoms with Crippen LogP contribution in [0.15, 0.2) is 28.7 Å². The van der Waals surface area contributed by atoms with Crippen molar-refractivity contribution in [2.24, 2.45) is 0 Å². The summed E-state index contributed by atoms with van der Waals surface area (Å²) in [5, 5.41) is 8.61. The molecule has 0 aromatic heterocycles. The Hall–Kier alpha value is -1.23. The van der Waals surface area contributed by atoms with Gasteiger partial charge in [-0.05, 0) is 45.6 Å². The SMILES string of the molecule is CC(C)[Si](C#CCCCC#N)(Oc1ccccc1Br)C(C)C. The second-order valence-corrected chi connectivity index (χ2v) is 11.2. The molecule has 1 rings (SSSR count). The van der Waals surface area contributed by atoms with Crippen molar-refractivity contribution in [2.45, 2.75) is 58.0 Å². The number of hydrogen-bond acceptors (Lipinski definition) is 2. The van der Waals surface area contributed by atoms with Gasteiger partial charge in [0.2, 0.25) is 0 Å². The molecule has 0 saturated heterocycles. The predicted molar refractivity (Wildman–Crippen MR) is 98.0 cm³/mol. The molecule has 0 atom stereocenters. The molecule has 1 aromatic carbocycles. The molecule has 0 N–H and O–H groups in total. The van der Waals surface area contributed by atoms with Gasteiger partial charge in [0.05, 0.1) is 10.5 Å². The van der Waals surface area contributed by atoms with Crippen LogP contribution in [0.4, 0.5) is 0 Å². The van der Waals surface area contributed by atoms with E-state index in [0.717, 1.165) is 23.1 Å². The first-order valence-electron chi connectivity index (χ1n) is 7.74. The molecule has 0 unspecified atom stereocenters. The summed E-state index contributed by atoms with van der Waals surface area (Å²) in [5.41, 5.74) is 4.29. The first-order valence-corrected chi connectivity index (χ1v) is 10.6. The average Bonchev–Trinajstić information content (AvgIpc) is 2.47. The molecule has 0 aliphatic heterocycles. The number of nitrogens with zero attached hydrogens (tertiary/aromatic N) is 1. The molecule has 0 aliphatic carbocycles. The molecule has 4 heteroatoms. The molecule has 0 aliphatic rings. The van der Waals surface area contributed by atoms with Crippen LogP contribution in [0.1, 0.15) is 47.0 Å². The molecular weight excluding hydrogens is 354 g/mol. The van der Waals surface area contributed by atoms with Gasteiger partial charge in [-0.25, -0.2) is 0 Å². The number of para-hydroxylation sites is 1. The Morgan fingerprint density at radius 3 is 2.32 bits per heavy atom. The Bertz CT molecular complexity index is 573. The van der Waals surface area contributed by atoms with Crippen molar-refractivity contribution < 1.29 is 4.43 Å². The molecule has 0 radical (unpaired) electrons. The second kappa shape index (κ2) is 9.03. The number of nitriles is 1. The van der Waals surface area contributed by atoms with Crippen molar-refractivity contribution in [3.05, 3.63) is 28.7 Å². The Labute approximate surface area is 144 Å². The van der Waals surface area contributed by atoms with Crippen molar-refractivity contribution in [2.75, 3.05) is 0 Å². The number of halogens is 1. The topological polar surface area (TPSA) is 33.0 Å². The van der Waals surface area contributed by atoms with Crippen LogP contribution in [0.3, 0.4) is 0 Å². The van der Waals surface area contributed by atoms with Crippen LogP contribution in [-0.2, 0) is 0 Å². The molecule has 0 bridgehead atoms. The Balaban J connectivity index is 3.06. The zero-order valence-corrected chi connectivity index (χ0v) is 16.4. The van der Waals surface area contributed by atoms with Gasteiger partial charge in [0.1, 0.15) is 5.75 Å². The Kier molecular flexibility index (Phi) is 7.72. The van der Waals surface area contributed by atoms with Crippen molar-refractivity contribution in [1.82, 2.24) is 0 Å². The number of unbranched alkanes of at least 4 members (excludes halogenated alkanes) is 2. The minimum absolute atomic E-state index is 0.392.